The first-order valence-electron chi connectivity index (χ1n) is 7.60. The van der Waals surface area contributed by atoms with E-state index in [0.717, 1.165) is 0 Å². The molecule has 5 nitrogen and oxygen atoms in total. The second kappa shape index (κ2) is 9.29. The van der Waals surface area contributed by atoms with Crippen molar-refractivity contribution in [1.29, 1.82) is 0 Å². The number of rotatable bonds is 8. The van der Waals surface area contributed by atoms with Gasteiger partial charge in [0.05, 0.1) is 19.6 Å². The zero-order valence-corrected chi connectivity index (χ0v) is 13.1. The molecule has 0 spiro atoms. The highest BCUT2D eigenvalue weighted by Gasteiger charge is 2.07. The summed E-state index contributed by atoms with van der Waals surface area (Å²) in [6.07, 6.45) is 0.148. The first kappa shape index (κ1) is 17.5. The van der Waals surface area contributed by atoms with E-state index in [2.05, 4.69) is 10.6 Å². The standard InChI is InChI=1S/C18H19FN2O3/c19-16-9-5-4-6-14(16)12-20-18(23)13-21-17(22)10-11-24-15-7-2-1-3-8-15/h1-9H,10-13H2,(H,20,23)(H,21,22). The van der Waals surface area contributed by atoms with Crippen LogP contribution in [0.5, 0.6) is 5.75 Å². The van der Waals surface area contributed by atoms with Crippen molar-refractivity contribution in [3.8, 4) is 5.75 Å². The van der Waals surface area contributed by atoms with Gasteiger partial charge >= 0.3 is 0 Å². The third-order valence-electron chi connectivity index (χ3n) is 3.22. The summed E-state index contributed by atoms with van der Waals surface area (Å²) in [5.41, 5.74) is 0.397. The van der Waals surface area contributed by atoms with Crippen LogP contribution >= 0.6 is 0 Å². The highest BCUT2D eigenvalue weighted by Crippen LogP contribution is 2.08. The number of carbonyl (C=O) groups excluding carboxylic acids is 2. The summed E-state index contributed by atoms with van der Waals surface area (Å²) in [6.45, 7) is 0.157. The minimum absolute atomic E-state index is 0.0818. The highest BCUT2D eigenvalue weighted by atomic mass is 19.1. The average Bonchev–Trinajstić information content (AvgIpc) is 2.60. The molecule has 0 bridgehead atoms. The number of benzene rings is 2. The van der Waals surface area contributed by atoms with E-state index in [-0.39, 0.29) is 43.7 Å². The van der Waals surface area contributed by atoms with Crippen molar-refractivity contribution in [2.24, 2.45) is 0 Å². The number of halogens is 1. The third-order valence-corrected chi connectivity index (χ3v) is 3.22. The molecule has 2 aromatic carbocycles. The fourth-order valence-electron chi connectivity index (χ4n) is 1.94. The molecule has 0 heterocycles. The van der Waals surface area contributed by atoms with E-state index in [0.29, 0.717) is 11.3 Å². The molecule has 0 radical (unpaired) electrons. The molecule has 0 aliphatic rings. The van der Waals surface area contributed by atoms with Gasteiger partial charge in [0.25, 0.3) is 0 Å². The smallest absolute Gasteiger partial charge is 0.239 e. The number of ether oxygens (including phenoxy) is 1. The van der Waals surface area contributed by atoms with E-state index in [1.807, 2.05) is 18.2 Å². The van der Waals surface area contributed by atoms with Gasteiger partial charge in [-0.25, -0.2) is 4.39 Å². The summed E-state index contributed by atoms with van der Waals surface area (Å²) in [7, 11) is 0. The van der Waals surface area contributed by atoms with Gasteiger partial charge in [-0.1, -0.05) is 36.4 Å². The Bertz CT molecular complexity index is 677. The van der Waals surface area contributed by atoms with E-state index in [1.165, 1.54) is 6.07 Å². The van der Waals surface area contributed by atoms with Crippen LogP contribution in [0.1, 0.15) is 12.0 Å². The maximum absolute atomic E-state index is 13.4. The maximum atomic E-state index is 13.4. The molecule has 0 fully saturated rings. The second-order valence-electron chi connectivity index (χ2n) is 5.06. The molecular weight excluding hydrogens is 311 g/mol. The fourth-order valence-corrected chi connectivity index (χ4v) is 1.94. The van der Waals surface area contributed by atoms with E-state index < -0.39 is 0 Å². The number of para-hydroxylation sites is 1. The molecule has 126 valence electrons. The molecule has 0 unspecified atom stereocenters. The van der Waals surface area contributed by atoms with Crippen LogP contribution in [0.15, 0.2) is 54.6 Å². The van der Waals surface area contributed by atoms with E-state index in [9.17, 15) is 14.0 Å². The summed E-state index contributed by atoms with van der Waals surface area (Å²) in [6, 6.07) is 15.4. The second-order valence-corrected chi connectivity index (χ2v) is 5.06. The Balaban J connectivity index is 1.61. The van der Waals surface area contributed by atoms with Crippen LogP contribution in [0.4, 0.5) is 4.39 Å². The third kappa shape index (κ3) is 6.08. The van der Waals surface area contributed by atoms with Gasteiger partial charge in [0.2, 0.25) is 11.8 Å². The first-order chi connectivity index (χ1) is 11.6. The highest BCUT2D eigenvalue weighted by molar-refractivity contribution is 5.84. The minimum Gasteiger partial charge on any atom is -0.493 e. The molecule has 2 aromatic rings. The molecule has 0 saturated heterocycles. The van der Waals surface area contributed by atoms with Crippen molar-refractivity contribution in [3.05, 3.63) is 66.0 Å². The summed E-state index contributed by atoms with van der Waals surface area (Å²) in [5.74, 6) is -0.351. The summed E-state index contributed by atoms with van der Waals surface area (Å²) >= 11 is 0. The van der Waals surface area contributed by atoms with Crippen LogP contribution in [-0.2, 0) is 16.1 Å². The number of hydrogen-bond donors (Lipinski definition) is 2. The zero-order valence-electron chi connectivity index (χ0n) is 13.1. The van der Waals surface area contributed by atoms with Crippen LogP contribution in [0.25, 0.3) is 0 Å². The van der Waals surface area contributed by atoms with Crippen LogP contribution < -0.4 is 15.4 Å². The van der Waals surface area contributed by atoms with Crippen molar-refractivity contribution < 1.29 is 18.7 Å². The molecule has 0 aliphatic carbocycles. The van der Waals surface area contributed by atoms with Gasteiger partial charge < -0.3 is 15.4 Å². The molecule has 6 heteroatoms. The van der Waals surface area contributed by atoms with E-state index >= 15 is 0 Å². The molecule has 2 N–H and O–H groups in total. The van der Waals surface area contributed by atoms with Gasteiger partial charge in [0.15, 0.2) is 0 Å². The van der Waals surface area contributed by atoms with Gasteiger partial charge in [-0.15, -0.1) is 0 Å². The van der Waals surface area contributed by atoms with Crippen molar-refractivity contribution in [2.45, 2.75) is 13.0 Å². The van der Waals surface area contributed by atoms with Crippen molar-refractivity contribution in [1.82, 2.24) is 10.6 Å². The number of amides is 2. The summed E-state index contributed by atoms with van der Waals surface area (Å²) in [5, 5.41) is 5.05. The van der Waals surface area contributed by atoms with Crippen LogP contribution in [0.2, 0.25) is 0 Å². The Morgan fingerprint density at radius 1 is 0.917 bits per heavy atom. The van der Waals surface area contributed by atoms with Gasteiger partial charge in [-0.2, -0.15) is 0 Å². The van der Waals surface area contributed by atoms with E-state index in [1.54, 1.807) is 30.3 Å². The number of carbonyl (C=O) groups is 2. The van der Waals surface area contributed by atoms with Crippen molar-refractivity contribution in [3.63, 3.8) is 0 Å². The quantitative estimate of drug-likeness (QED) is 0.778. The minimum atomic E-state index is -0.379. The van der Waals surface area contributed by atoms with Crippen LogP contribution in [-0.4, -0.2) is 25.0 Å². The lowest BCUT2D eigenvalue weighted by molar-refractivity contribution is -0.126. The Morgan fingerprint density at radius 2 is 1.62 bits per heavy atom. The Hall–Kier alpha value is -2.89. The van der Waals surface area contributed by atoms with Crippen LogP contribution in [0, 0.1) is 5.82 Å². The maximum Gasteiger partial charge on any atom is 0.239 e. The van der Waals surface area contributed by atoms with Crippen LogP contribution in [0.3, 0.4) is 0 Å². The topological polar surface area (TPSA) is 67.4 Å². The summed E-state index contributed by atoms with van der Waals surface area (Å²) in [4.78, 5) is 23.3. The van der Waals surface area contributed by atoms with Crippen molar-refractivity contribution in [2.75, 3.05) is 13.2 Å². The predicted molar refractivity (Wildman–Crippen MR) is 87.8 cm³/mol. The van der Waals surface area contributed by atoms with Gasteiger partial charge in [0, 0.05) is 12.1 Å². The SMILES string of the molecule is O=C(CCOc1ccccc1)NCC(=O)NCc1ccccc1F. The fraction of sp³-hybridized carbons (Fsp3) is 0.222. The summed E-state index contributed by atoms with van der Waals surface area (Å²) < 4.78 is 18.8. The largest absolute Gasteiger partial charge is 0.493 e. The van der Waals surface area contributed by atoms with Gasteiger partial charge in [0.1, 0.15) is 11.6 Å². The molecule has 2 rings (SSSR count). The predicted octanol–water partition coefficient (Wildman–Crippen LogP) is 2.03. The lowest BCUT2D eigenvalue weighted by Crippen LogP contribution is -2.37. The lowest BCUT2D eigenvalue weighted by atomic mass is 10.2. The Kier molecular flexibility index (Phi) is 6.76. The molecule has 0 saturated carbocycles. The lowest BCUT2D eigenvalue weighted by Gasteiger charge is -2.08. The molecular formula is C18H19FN2O3. The average molecular weight is 330 g/mol. The molecule has 2 amide bonds. The molecule has 0 aliphatic heterocycles. The Labute approximate surface area is 139 Å². The van der Waals surface area contributed by atoms with Gasteiger partial charge in [-0.05, 0) is 18.2 Å². The number of hydrogen-bond acceptors (Lipinski definition) is 3. The normalized spacial score (nSPS) is 10.0. The van der Waals surface area contributed by atoms with Gasteiger partial charge in [-0.3, -0.25) is 9.59 Å². The monoisotopic (exact) mass is 330 g/mol. The molecule has 24 heavy (non-hydrogen) atoms. The molecule has 0 atom stereocenters. The molecule has 0 aromatic heterocycles. The zero-order chi connectivity index (χ0) is 17.2. The first-order valence-corrected chi connectivity index (χ1v) is 7.60. The number of nitrogens with one attached hydrogen (secondary N) is 2. The Morgan fingerprint density at radius 3 is 2.38 bits per heavy atom. The van der Waals surface area contributed by atoms with E-state index in [4.69, 9.17) is 4.74 Å². The van der Waals surface area contributed by atoms with Crippen molar-refractivity contribution >= 4 is 11.8 Å².